The Bertz CT molecular complexity index is 832. The number of amides is 1. The summed E-state index contributed by atoms with van der Waals surface area (Å²) < 4.78 is 0. The molecule has 0 aliphatic rings. The van der Waals surface area contributed by atoms with Crippen LogP contribution in [0.5, 0.6) is 0 Å². The van der Waals surface area contributed by atoms with Crippen LogP contribution in [0.3, 0.4) is 0 Å². The quantitative estimate of drug-likeness (QED) is 0.657. The van der Waals surface area contributed by atoms with Gasteiger partial charge in [-0.2, -0.15) is 0 Å². The monoisotopic (exact) mass is 345 g/mol. The molecule has 0 aliphatic heterocycles. The predicted octanol–water partition coefficient (Wildman–Crippen LogP) is 4.58. The Hall–Kier alpha value is -3.01. The number of hydrogen-bond donors (Lipinski definition) is 0. The molecule has 3 rings (SSSR count). The number of carbonyl (C=O) groups is 1. The van der Waals surface area contributed by atoms with Crippen LogP contribution in [0.4, 0.5) is 0 Å². The highest BCUT2D eigenvalue weighted by molar-refractivity contribution is 5.94. The molecule has 132 valence electrons. The summed E-state index contributed by atoms with van der Waals surface area (Å²) in [6.07, 6.45) is 4.14. The van der Waals surface area contributed by atoms with E-state index in [0.29, 0.717) is 17.9 Å². The van der Waals surface area contributed by atoms with Gasteiger partial charge >= 0.3 is 0 Å². The molecule has 3 aromatic rings. The van der Waals surface area contributed by atoms with Gasteiger partial charge in [0, 0.05) is 30.5 Å². The average molecular weight is 345 g/mol. The van der Waals surface area contributed by atoms with E-state index in [1.165, 1.54) is 0 Å². The van der Waals surface area contributed by atoms with Crippen LogP contribution in [-0.2, 0) is 6.54 Å². The first-order chi connectivity index (χ1) is 12.7. The SMILES string of the molecule is CCC(C)N(Cc1ccccc1)C(=O)c1cnc(-c2ccccc2)nc1. The molecule has 2 aromatic carbocycles. The summed E-state index contributed by atoms with van der Waals surface area (Å²) in [4.78, 5) is 23.7. The van der Waals surface area contributed by atoms with E-state index in [2.05, 4.69) is 23.8 Å². The third kappa shape index (κ3) is 4.14. The predicted molar refractivity (Wildman–Crippen MR) is 104 cm³/mol. The Morgan fingerprint density at radius 2 is 1.54 bits per heavy atom. The Labute approximate surface area is 154 Å². The number of carbonyl (C=O) groups excluding carboxylic acids is 1. The molecule has 4 nitrogen and oxygen atoms in total. The van der Waals surface area contributed by atoms with Gasteiger partial charge in [-0.3, -0.25) is 4.79 Å². The van der Waals surface area contributed by atoms with Crippen LogP contribution in [0, 0.1) is 0 Å². The highest BCUT2D eigenvalue weighted by Gasteiger charge is 2.21. The molecule has 0 N–H and O–H groups in total. The molecule has 0 radical (unpaired) electrons. The van der Waals surface area contributed by atoms with Crippen LogP contribution >= 0.6 is 0 Å². The second-order valence-corrected chi connectivity index (χ2v) is 6.34. The van der Waals surface area contributed by atoms with Gasteiger partial charge in [-0.1, -0.05) is 67.6 Å². The van der Waals surface area contributed by atoms with Gasteiger partial charge in [0.1, 0.15) is 0 Å². The van der Waals surface area contributed by atoms with E-state index >= 15 is 0 Å². The Morgan fingerprint density at radius 3 is 2.12 bits per heavy atom. The zero-order chi connectivity index (χ0) is 18.4. The highest BCUT2D eigenvalue weighted by Crippen LogP contribution is 2.17. The van der Waals surface area contributed by atoms with E-state index in [1.54, 1.807) is 12.4 Å². The maximum absolute atomic E-state index is 13.0. The number of hydrogen-bond acceptors (Lipinski definition) is 3. The fraction of sp³-hybridized carbons (Fsp3) is 0.227. The Morgan fingerprint density at radius 1 is 0.962 bits per heavy atom. The molecular formula is C22H23N3O. The average Bonchev–Trinajstić information content (AvgIpc) is 2.72. The summed E-state index contributed by atoms with van der Waals surface area (Å²) in [5, 5.41) is 0. The van der Waals surface area contributed by atoms with E-state index in [9.17, 15) is 4.79 Å². The molecule has 4 heteroatoms. The van der Waals surface area contributed by atoms with Crippen molar-refractivity contribution in [2.24, 2.45) is 0 Å². The first-order valence-corrected chi connectivity index (χ1v) is 8.91. The smallest absolute Gasteiger partial charge is 0.257 e. The van der Waals surface area contributed by atoms with Gasteiger partial charge in [0.15, 0.2) is 5.82 Å². The fourth-order valence-electron chi connectivity index (χ4n) is 2.77. The maximum Gasteiger partial charge on any atom is 0.257 e. The molecule has 0 fully saturated rings. The maximum atomic E-state index is 13.0. The van der Waals surface area contributed by atoms with Gasteiger partial charge in [-0.25, -0.2) is 9.97 Å². The van der Waals surface area contributed by atoms with E-state index < -0.39 is 0 Å². The summed E-state index contributed by atoms with van der Waals surface area (Å²) in [6, 6.07) is 19.9. The minimum absolute atomic E-state index is 0.0391. The van der Waals surface area contributed by atoms with Crippen LogP contribution in [0.1, 0.15) is 36.2 Å². The zero-order valence-electron chi connectivity index (χ0n) is 15.2. The first kappa shape index (κ1) is 17.8. The van der Waals surface area contributed by atoms with Crippen LogP contribution in [0.25, 0.3) is 11.4 Å². The summed E-state index contributed by atoms with van der Waals surface area (Å²) in [5.41, 5.74) is 2.57. The molecule has 0 aliphatic carbocycles. The number of aromatic nitrogens is 2. The Kier molecular flexibility index (Phi) is 5.74. The number of rotatable bonds is 6. The third-order valence-electron chi connectivity index (χ3n) is 4.51. The normalized spacial score (nSPS) is 11.8. The van der Waals surface area contributed by atoms with Crippen molar-refractivity contribution in [1.29, 1.82) is 0 Å². The molecule has 1 amide bonds. The van der Waals surface area contributed by atoms with E-state index in [-0.39, 0.29) is 11.9 Å². The molecule has 26 heavy (non-hydrogen) atoms. The summed E-state index contributed by atoms with van der Waals surface area (Å²) in [5.74, 6) is 0.586. The van der Waals surface area contributed by atoms with Crippen LogP contribution in [0.2, 0.25) is 0 Å². The first-order valence-electron chi connectivity index (χ1n) is 8.91. The second kappa shape index (κ2) is 8.39. The highest BCUT2D eigenvalue weighted by atomic mass is 16.2. The molecular weight excluding hydrogens is 322 g/mol. The van der Waals surface area contributed by atoms with Crippen molar-refractivity contribution in [3.63, 3.8) is 0 Å². The van der Waals surface area contributed by atoms with Gasteiger partial charge in [0.25, 0.3) is 5.91 Å². The number of benzene rings is 2. The van der Waals surface area contributed by atoms with Crippen molar-refractivity contribution in [3.05, 3.63) is 84.2 Å². The standard InChI is InChI=1S/C22H23N3O/c1-3-17(2)25(16-18-10-6-4-7-11-18)22(26)20-14-23-21(24-15-20)19-12-8-5-9-13-19/h4-15,17H,3,16H2,1-2H3. The van der Waals surface area contributed by atoms with Crippen molar-refractivity contribution >= 4 is 5.91 Å². The fourth-order valence-corrected chi connectivity index (χ4v) is 2.77. The zero-order valence-corrected chi connectivity index (χ0v) is 15.2. The molecule has 1 heterocycles. The number of nitrogens with zero attached hydrogens (tertiary/aromatic N) is 3. The summed E-state index contributed by atoms with van der Waals surface area (Å²) in [7, 11) is 0. The van der Waals surface area contributed by atoms with E-state index in [4.69, 9.17) is 0 Å². The Balaban J connectivity index is 1.82. The minimum Gasteiger partial charge on any atom is -0.332 e. The van der Waals surface area contributed by atoms with Crippen molar-refractivity contribution in [3.8, 4) is 11.4 Å². The second-order valence-electron chi connectivity index (χ2n) is 6.34. The van der Waals surface area contributed by atoms with Crippen molar-refractivity contribution in [2.75, 3.05) is 0 Å². The van der Waals surface area contributed by atoms with Gasteiger partial charge < -0.3 is 4.90 Å². The van der Waals surface area contributed by atoms with E-state index in [1.807, 2.05) is 65.6 Å². The lowest BCUT2D eigenvalue weighted by molar-refractivity contribution is 0.0670. The van der Waals surface area contributed by atoms with Gasteiger partial charge in [-0.15, -0.1) is 0 Å². The molecule has 0 saturated heterocycles. The summed E-state index contributed by atoms with van der Waals surface area (Å²) in [6.45, 7) is 4.74. The molecule has 1 unspecified atom stereocenters. The minimum atomic E-state index is -0.0391. The van der Waals surface area contributed by atoms with Gasteiger partial charge in [0.2, 0.25) is 0 Å². The van der Waals surface area contributed by atoms with Crippen molar-refractivity contribution < 1.29 is 4.79 Å². The lowest BCUT2D eigenvalue weighted by Gasteiger charge is -2.28. The third-order valence-corrected chi connectivity index (χ3v) is 4.51. The largest absolute Gasteiger partial charge is 0.332 e. The molecule has 0 bridgehead atoms. The molecule has 0 spiro atoms. The summed E-state index contributed by atoms with van der Waals surface area (Å²) >= 11 is 0. The van der Waals surface area contributed by atoms with Crippen LogP contribution in [-0.4, -0.2) is 26.8 Å². The van der Waals surface area contributed by atoms with Crippen molar-refractivity contribution in [2.45, 2.75) is 32.9 Å². The lowest BCUT2D eigenvalue weighted by atomic mass is 10.1. The molecule has 1 atom stereocenters. The molecule has 1 aromatic heterocycles. The van der Waals surface area contributed by atoms with Crippen LogP contribution in [0.15, 0.2) is 73.1 Å². The topological polar surface area (TPSA) is 46.1 Å². The lowest BCUT2D eigenvalue weighted by Crippen LogP contribution is -2.37. The van der Waals surface area contributed by atoms with Gasteiger partial charge in [-0.05, 0) is 18.9 Å². The van der Waals surface area contributed by atoms with Crippen LogP contribution < -0.4 is 0 Å². The van der Waals surface area contributed by atoms with Crippen molar-refractivity contribution in [1.82, 2.24) is 14.9 Å². The van der Waals surface area contributed by atoms with E-state index in [0.717, 1.165) is 17.5 Å². The van der Waals surface area contributed by atoms with Gasteiger partial charge in [0.05, 0.1) is 5.56 Å². The molecule has 0 saturated carbocycles.